The number of carbonyl (C=O) groups excluding carboxylic acids is 1. The summed E-state index contributed by atoms with van der Waals surface area (Å²) in [7, 11) is 1.65. The molecule has 0 aliphatic carbocycles. The summed E-state index contributed by atoms with van der Waals surface area (Å²) < 4.78 is 5.17. The van der Waals surface area contributed by atoms with Gasteiger partial charge in [0.25, 0.3) is 0 Å². The van der Waals surface area contributed by atoms with Crippen LogP contribution in [0.15, 0.2) is 41.4 Å². The Balaban J connectivity index is 1.57. The summed E-state index contributed by atoms with van der Waals surface area (Å²) in [4.78, 5) is 14.6. The van der Waals surface area contributed by atoms with Crippen molar-refractivity contribution in [1.29, 1.82) is 0 Å². The first-order valence-corrected chi connectivity index (χ1v) is 10.1. The molecule has 1 aromatic heterocycles. The van der Waals surface area contributed by atoms with E-state index in [-0.39, 0.29) is 5.91 Å². The molecule has 6 heteroatoms. The number of carbonyl (C=O) groups is 1. The van der Waals surface area contributed by atoms with E-state index in [9.17, 15) is 4.79 Å². The molecule has 1 atom stereocenters. The molecule has 1 aromatic carbocycles. The fourth-order valence-electron chi connectivity index (χ4n) is 3.28. The van der Waals surface area contributed by atoms with Crippen molar-refractivity contribution in [3.63, 3.8) is 0 Å². The highest BCUT2D eigenvalue weighted by Gasteiger charge is 2.25. The highest BCUT2D eigenvalue weighted by atomic mass is 32.2. The first-order chi connectivity index (χ1) is 12.7. The standard InChI is InChI=1S/C20H25N3O2S/c1-3-16-6-4-5-13-23(16)20(24)14-26-19-12-11-18(21-22-19)15-7-9-17(25-2)10-8-15/h7-12,16H,3-6,13-14H2,1-2H3. The van der Waals surface area contributed by atoms with Crippen molar-refractivity contribution in [3.05, 3.63) is 36.4 Å². The molecule has 138 valence electrons. The lowest BCUT2D eigenvalue weighted by Crippen LogP contribution is -2.44. The molecule has 0 spiro atoms. The van der Waals surface area contributed by atoms with Crippen molar-refractivity contribution < 1.29 is 9.53 Å². The summed E-state index contributed by atoms with van der Waals surface area (Å²) in [6.07, 6.45) is 4.51. The summed E-state index contributed by atoms with van der Waals surface area (Å²) in [5.41, 5.74) is 1.80. The Bertz CT molecular complexity index is 719. The highest BCUT2D eigenvalue weighted by molar-refractivity contribution is 7.99. The fourth-order valence-corrected chi connectivity index (χ4v) is 3.98. The minimum Gasteiger partial charge on any atom is -0.497 e. The molecule has 1 aliphatic rings. The van der Waals surface area contributed by atoms with E-state index in [2.05, 4.69) is 22.0 Å². The number of aromatic nitrogens is 2. The van der Waals surface area contributed by atoms with E-state index >= 15 is 0 Å². The molecule has 1 saturated heterocycles. The normalized spacial score (nSPS) is 17.2. The third-order valence-electron chi connectivity index (χ3n) is 4.79. The van der Waals surface area contributed by atoms with E-state index in [4.69, 9.17) is 4.74 Å². The van der Waals surface area contributed by atoms with Crippen molar-refractivity contribution in [2.75, 3.05) is 19.4 Å². The van der Waals surface area contributed by atoms with Gasteiger partial charge in [0, 0.05) is 18.2 Å². The largest absolute Gasteiger partial charge is 0.497 e. The molecule has 2 aromatic rings. The maximum absolute atomic E-state index is 12.5. The van der Waals surface area contributed by atoms with Gasteiger partial charge in [-0.25, -0.2) is 0 Å². The summed E-state index contributed by atoms with van der Waals surface area (Å²) in [6.45, 7) is 3.05. The predicted molar refractivity (Wildman–Crippen MR) is 104 cm³/mol. The van der Waals surface area contributed by atoms with Crippen molar-refractivity contribution >= 4 is 17.7 Å². The molecular formula is C20H25N3O2S. The second-order valence-corrected chi connectivity index (χ2v) is 7.41. The molecule has 1 aliphatic heterocycles. The average Bonchev–Trinajstić information content (AvgIpc) is 2.72. The van der Waals surface area contributed by atoms with Crippen molar-refractivity contribution in [1.82, 2.24) is 15.1 Å². The Hall–Kier alpha value is -2.08. The lowest BCUT2D eigenvalue weighted by Gasteiger charge is -2.35. The molecule has 5 nitrogen and oxygen atoms in total. The number of rotatable bonds is 6. The quantitative estimate of drug-likeness (QED) is 0.718. The number of methoxy groups -OCH3 is 1. The Morgan fingerprint density at radius 3 is 2.65 bits per heavy atom. The van der Waals surface area contributed by atoms with Gasteiger partial charge in [-0.1, -0.05) is 18.7 Å². The van der Waals surface area contributed by atoms with Crippen molar-refractivity contribution in [2.24, 2.45) is 0 Å². The third kappa shape index (κ3) is 4.55. The van der Waals surface area contributed by atoms with Crippen LogP contribution in [-0.2, 0) is 4.79 Å². The zero-order chi connectivity index (χ0) is 18.4. The second kappa shape index (κ2) is 9.03. The maximum Gasteiger partial charge on any atom is 0.233 e. The molecule has 0 saturated carbocycles. The van der Waals surface area contributed by atoms with Gasteiger partial charge in [-0.2, -0.15) is 0 Å². The zero-order valence-corrected chi connectivity index (χ0v) is 16.2. The summed E-state index contributed by atoms with van der Waals surface area (Å²) >= 11 is 1.46. The molecule has 1 fully saturated rings. The van der Waals surface area contributed by atoms with Gasteiger partial charge in [-0.05, 0) is 62.1 Å². The second-order valence-electron chi connectivity index (χ2n) is 6.42. The van der Waals surface area contributed by atoms with Crippen LogP contribution in [0.3, 0.4) is 0 Å². The number of benzene rings is 1. The molecule has 0 radical (unpaired) electrons. The van der Waals surface area contributed by atoms with Crippen LogP contribution in [-0.4, -0.2) is 46.5 Å². The van der Waals surface area contributed by atoms with E-state index in [0.717, 1.165) is 47.8 Å². The van der Waals surface area contributed by atoms with Gasteiger partial charge in [-0.3, -0.25) is 4.79 Å². The van der Waals surface area contributed by atoms with E-state index in [1.54, 1.807) is 7.11 Å². The Kier molecular flexibility index (Phi) is 6.50. The highest BCUT2D eigenvalue weighted by Crippen LogP contribution is 2.24. The van der Waals surface area contributed by atoms with Gasteiger partial charge in [0.1, 0.15) is 10.8 Å². The number of piperidine rings is 1. The predicted octanol–water partition coefficient (Wildman–Crippen LogP) is 4.04. The SMILES string of the molecule is CCC1CCCCN1C(=O)CSc1ccc(-c2ccc(OC)cc2)nn1. The number of nitrogens with zero attached hydrogens (tertiary/aromatic N) is 3. The number of hydrogen-bond acceptors (Lipinski definition) is 5. The topological polar surface area (TPSA) is 55.3 Å². The van der Waals surface area contributed by atoms with Crippen LogP contribution in [0.25, 0.3) is 11.3 Å². The lowest BCUT2D eigenvalue weighted by atomic mass is 10.0. The van der Waals surface area contributed by atoms with Gasteiger partial charge in [0.2, 0.25) is 5.91 Å². The summed E-state index contributed by atoms with van der Waals surface area (Å²) in [6, 6.07) is 12.0. The van der Waals surface area contributed by atoms with Crippen LogP contribution >= 0.6 is 11.8 Å². The van der Waals surface area contributed by atoms with E-state index in [1.165, 1.54) is 18.2 Å². The molecular weight excluding hydrogens is 346 g/mol. The summed E-state index contributed by atoms with van der Waals surface area (Å²) in [5.74, 6) is 1.45. The first kappa shape index (κ1) is 18.7. The van der Waals surface area contributed by atoms with Crippen molar-refractivity contribution in [2.45, 2.75) is 43.7 Å². The van der Waals surface area contributed by atoms with E-state index in [1.807, 2.05) is 36.4 Å². The van der Waals surface area contributed by atoms with Gasteiger partial charge in [0.15, 0.2) is 0 Å². The lowest BCUT2D eigenvalue weighted by molar-refractivity contribution is -0.132. The monoisotopic (exact) mass is 371 g/mol. The minimum absolute atomic E-state index is 0.211. The minimum atomic E-state index is 0.211. The Morgan fingerprint density at radius 1 is 1.19 bits per heavy atom. The van der Waals surface area contributed by atoms with Crippen LogP contribution in [0.1, 0.15) is 32.6 Å². The van der Waals surface area contributed by atoms with Gasteiger partial charge < -0.3 is 9.64 Å². The molecule has 2 heterocycles. The van der Waals surface area contributed by atoms with Crippen molar-refractivity contribution in [3.8, 4) is 17.0 Å². The van der Waals surface area contributed by atoms with E-state index in [0.29, 0.717) is 11.8 Å². The number of amides is 1. The third-order valence-corrected chi connectivity index (χ3v) is 5.69. The van der Waals surface area contributed by atoms with Crippen LogP contribution in [0.2, 0.25) is 0 Å². The smallest absolute Gasteiger partial charge is 0.233 e. The van der Waals surface area contributed by atoms with Crippen LogP contribution < -0.4 is 4.74 Å². The molecule has 1 unspecified atom stereocenters. The van der Waals surface area contributed by atoms with Crippen LogP contribution in [0, 0.1) is 0 Å². The van der Waals surface area contributed by atoms with Crippen LogP contribution in [0.5, 0.6) is 5.75 Å². The maximum atomic E-state index is 12.5. The number of hydrogen-bond donors (Lipinski definition) is 0. The van der Waals surface area contributed by atoms with Gasteiger partial charge >= 0.3 is 0 Å². The van der Waals surface area contributed by atoms with E-state index < -0.39 is 0 Å². The number of ether oxygens (including phenoxy) is 1. The van der Waals surface area contributed by atoms with Gasteiger partial charge in [-0.15, -0.1) is 10.2 Å². The fraction of sp³-hybridized carbons (Fsp3) is 0.450. The molecule has 26 heavy (non-hydrogen) atoms. The molecule has 3 rings (SSSR count). The first-order valence-electron chi connectivity index (χ1n) is 9.11. The average molecular weight is 372 g/mol. The molecule has 0 bridgehead atoms. The molecule has 1 amide bonds. The summed E-state index contributed by atoms with van der Waals surface area (Å²) in [5, 5.41) is 9.33. The number of thioether (sulfide) groups is 1. The number of likely N-dealkylation sites (tertiary alicyclic amines) is 1. The zero-order valence-electron chi connectivity index (χ0n) is 15.4. The molecule has 0 N–H and O–H groups in total. The Labute approximate surface area is 159 Å². The Morgan fingerprint density at radius 2 is 2.00 bits per heavy atom. The van der Waals surface area contributed by atoms with Gasteiger partial charge in [0.05, 0.1) is 18.6 Å². The van der Waals surface area contributed by atoms with Crippen LogP contribution in [0.4, 0.5) is 0 Å².